The van der Waals surface area contributed by atoms with E-state index in [9.17, 15) is 4.79 Å². The molecule has 0 saturated heterocycles. The minimum Gasteiger partial charge on any atom is -0.482 e. The molecule has 0 saturated carbocycles. The Bertz CT molecular complexity index is 446. The van der Waals surface area contributed by atoms with E-state index in [2.05, 4.69) is 10.2 Å². The lowest BCUT2D eigenvalue weighted by atomic mass is 10.1. The maximum atomic E-state index is 11.2. The van der Waals surface area contributed by atoms with Crippen LogP contribution in [0, 0.1) is 0 Å². The van der Waals surface area contributed by atoms with Gasteiger partial charge in [-0.1, -0.05) is 6.07 Å². The van der Waals surface area contributed by atoms with Crippen LogP contribution >= 0.6 is 0 Å². The second-order valence-corrected chi connectivity index (χ2v) is 4.84. The van der Waals surface area contributed by atoms with Crippen molar-refractivity contribution in [2.45, 2.75) is 19.5 Å². The molecule has 1 aromatic rings. The number of carbonyl (C=O) groups is 1. The fourth-order valence-electron chi connectivity index (χ4n) is 2.10. The molecule has 0 bridgehead atoms. The van der Waals surface area contributed by atoms with Crippen LogP contribution in [0.1, 0.15) is 12.5 Å². The van der Waals surface area contributed by atoms with Gasteiger partial charge >= 0.3 is 0 Å². The third-order valence-electron chi connectivity index (χ3n) is 2.73. The van der Waals surface area contributed by atoms with Crippen molar-refractivity contribution in [2.75, 3.05) is 25.5 Å². The third kappa shape index (κ3) is 3.21. The number of fused-ring (bicyclic) bond motifs is 1. The Kier molecular flexibility index (Phi) is 3.84. The van der Waals surface area contributed by atoms with Crippen molar-refractivity contribution in [2.24, 2.45) is 5.73 Å². The van der Waals surface area contributed by atoms with Crippen molar-refractivity contribution in [3.63, 3.8) is 0 Å². The molecule has 0 aliphatic carbocycles. The van der Waals surface area contributed by atoms with E-state index in [-0.39, 0.29) is 18.6 Å². The van der Waals surface area contributed by atoms with E-state index >= 15 is 0 Å². The minimum absolute atomic E-state index is 0.0942. The number of nitrogens with zero attached hydrogens (tertiary/aromatic N) is 1. The van der Waals surface area contributed by atoms with Crippen LogP contribution in [-0.2, 0) is 11.3 Å². The molecule has 0 spiro atoms. The van der Waals surface area contributed by atoms with E-state index in [0.29, 0.717) is 0 Å². The topological polar surface area (TPSA) is 67.6 Å². The number of nitrogens with two attached hydrogens (primary N) is 1. The molecular weight excluding hydrogens is 230 g/mol. The summed E-state index contributed by atoms with van der Waals surface area (Å²) in [5.41, 5.74) is 7.63. The van der Waals surface area contributed by atoms with Crippen molar-refractivity contribution in [3.05, 3.63) is 23.8 Å². The molecule has 1 amide bonds. The van der Waals surface area contributed by atoms with Gasteiger partial charge in [-0.05, 0) is 31.7 Å². The number of hydrogen-bond donors (Lipinski definition) is 2. The summed E-state index contributed by atoms with van der Waals surface area (Å²) in [6.45, 7) is 3.71. The number of benzene rings is 1. The highest BCUT2D eigenvalue weighted by molar-refractivity contribution is 5.95. The summed E-state index contributed by atoms with van der Waals surface area (Å²) in [5.74, 6) is 0.622. The molecule has 1 aromatic carbocycles. The molecule has 5 heteroatoms. The Labute approximate surface area is 107 Å². The maximum absolute atomic E-state index is 11.2. The lowest BCUT2D eigenvalue weighted by molar-refractivity contribution is -0.118. The van der Waals surface area contributed by atoms with Gasteiger partial charge in [-0.3, -0.25) is 4.79 Å². The molecule has 1 aliphatic rings. The van der Waals surface area contributed by atoms with Gasteiger partial charge in [-0.25, -0.2) is 0 Å². The van der Waals surface area contributed by atoms with E-state index < -0.39 is 0 Å². The van der Waals surface area contributed by atoms with E-state index in [1.54, 1.807) is 0 Å². The zero-order chi connectivity index (χ0) is 13.1. The van der Waals surface area contributed by atoms with Gasteiger partial charge in [0.1, 0.15) is 5.75 Å². The van der Waals surface area contributed by atoms with E-state index in [4.69, 9.17) is 10.5 Å². The molecule has 18 heavy (non-hydrogen) atoms. The van der Waals surface area contributed by atoms with Crippen molar-refractivity contribution in [1.29, 1.82) is 0 Å². The van der Waals surface area contributed by atoms with Crippen LogP contribution in [0.3, 0.4) is 0 Å². The average Bonchev–Trinajstić information content (AvgIpc) is 2.27. The fraction of sp³-hybridized carbons (Fsp3) is 0.462. The van der Waals surface area contributed by atoms with Gasteiger partial charge in [0.15, 0.2) is 6.61 Å². The quantitative estimate of drug-likeness (QED) is 0.828. The number of hydrogen-bond acceptors (Lipinski definition) is 4. The van der Waals surface area contributed by atoms with Crippen LogP contribution in [0.25, 0.3) is 0 Å². The predicted molar refractivity (Wildman–Crippen MR) is 70.6 cm³/mol. The zero-order valence-electron chi connectivity index (χ0n) is 10.8. The summed E-state index contributed by atoms with van der Waals surface area (Å²) < 4.78 is 5.31. The second-order valence-electron chi connectivity index (χ2n) is 4.84. The molecule has 5 nitrogen and oxygen atoms in total. The molecule has 3 N–H and O–H groups in total. The Morgan fingerprint density at radius 3 is 3.06 bits per heavy atom. The molecule has 98 valence electrons. The summed E-state index contributed by atoms with van der Waals surface area (Å²) in [4.78, 5) is 13.4. The number of amides is 1. The SMILES string of the molecule is CC(N)CN(C)Cc1ccc2c(c1)NC(=O)CO2. The summed E-state index contributed by atoms with van der Waals surface area (Å²) >= 11 is 0. The maximum Gasteiger partial charge on any atom is 0.262 e. The highest BCUT2D eigenvalue weighted by Crippen LogP contribution is 2.28. The normalized spacial score (nSPS) is 15.9. The third-order valence-corrected chi connectivity index (χ3v) is 2.73. The van der Waals surface area contributed by atoms with Crippen LogP contribution in [0.15, 0.2) is 18.2 Å². The van der Waals surface area contributed by atoms with E-state index in [1.165, 1.54) is 0 Å². The zero-order valence-corrected chi connectivity index (χ0v) is 10.8. The molecule has 1 aliphatic heterocycles. The molecule has 1 heterocycles. The average molecular weight is 249 g/mol. The molecule has 1 unspecified atom stereocenters. The number of rotatable bonds is 4. The first-order chi connectivity index (χ1) is 8.54. The van der Waals surface area contributed by atoms with Crippen LogP contribution in [-0.4, -0.2) is 37.0 Å². The fourth-order valence-corrected chi connectivity index (χ4v) is 2.10. The highest BCUT2D eigenvalue weighted by Gasteiger charge is 2.16. The number of anilines is 1. The van der Waals surface area contributed by atoms with Crippen molar-refractivity contribution in [3.8, 4) is 5.75 Å². The monoisotopic (exact) mass is 249 g/mol. The second kappa shape index (κ2) is 5.37. The van der Waals surface area contributed by atoms with Gasteiger partial charge in [0.25, 0.3) is 5.91 Å². The highest BCUT2D eigenvalue weighted by atomic mass is 16.5. The number of nitrogens with one attached hydrogen (secondary N) is 1. The van der Waals surface area contributed by atoms with Crippen LogP contribution in [0.2, 0.25) is 0 Å². The Morgan fingerprint density at radius 2 is 2.33 bits per heavy atom. The summed E-state index contributed by atoms with van der Waals surface area (Å²) in [6, 6.07) is 6.00. The van der Waals surface area contributed by atoms with Crippen molar-refractivity contribution in [1.82, 2.24) is 4.90 Å². The standard InChI is InChI=1S/C13H19N3O2/c1-9(14)6-16(2)7-10-3-4-12-11(5-10)15-13(17)8-18-12/h3-5,9H,6-8,14H2,1-2H3,(H,15,17). The van der Waals surface area contributed by atoms with Gasteiger partial charge in [0, 0.05) is 19.1 Å². The van der Waals surface area contributed by atoms with Gasteiger partial charge in [0.2, 0.25) is 0 Å². The molecule has 0 radical (unpaired) electrons. The summed E-state index contributed by atoms with van der Waals surface area (Å²) in [7, 11) is 2.03. The number of ether oxygens (including phenoxy) is 1. The van der Waals surface area contributed by atoms with Crippen molar-refractivity contribution >= 4 is 11.6 Å². The van der Waals surface area contributed by atoms with Gasteiger partial charge in [-0.2, -0.15) is 0 Å². The largest absolute Gasteiger partial charge is 0.482 e. The van der Waals surface area contributed by atoms with Crippen LogP contribution < -0.4 is 15.8 Å². The summed E-state index contributed by atoms with van der Waals surface area (Å²) in [6.07, 6.45) is 0. The van der Waals surface area contributed by atoms with E-state index in [0.717, 1.165) is 30.1 Å². The first-order valence-corrected chi connectivity index (χ1v) is 6.04. The lowest BCUT2D eigenvalue weighted by Gasteiger charge is -2.21. The Morgan fingerprint density at radius 1 is 1.56 bits per heavy atom. The van der Waals surface area contributed by atoms with Gasteiger partial charge < -0.3 is 20.7 Å². The molecule has 1 atom stereocenters. The minimum atomic E-state index is -0.108. The van der Waals surface area contributed by atoms with Crippen LogP contribution in [0.4, 0.5) is 5.69 Å². The van der Waals surface area contributed by atoms with E-state index in [1.807, 2.05) is 32.2 Å². The smallest absolute Gasteiger partial charge is 0.262 e. The number of likely N-dealkylation sites (N-methyl/N-ethyl adjacent to an activating group) is 1. The van der Waals surface area contributed by atoms with Gasteiger partial charge in [-0.15, -0.1) is 0 Å². The molecular formula is C13H19N3O2. The summed E-state index contributed by atoms with van der Waals surface area (Å²) in [5, 5.41) is 2.81. The first kappa shape index (κ1) is 12.9. The molecule has 2 rings (SSSR count). The Hall–Kier alpha value is -1.59. The molecule has 0 fully saturated rings. The lowest BCUT2D eigenvalue weighted by Crippen LogP contribution is -2.32. The number of carbonyl (C=O) groups excluding carboxylic acids is 1. The predicted octanol–water partition coefficient (Wildman–Crippen LogP) is 0.796. The van der Waals surface area contributed by atoms with Crippen LogP contribution in [0.5, 0.6) is 5.75 Å². The molecule has 0 aromatic heterocycles. The first-order valence-electron chi connectivity index (χ1n) is 6.04. The van der Waals surface area contributed by atoms with Gasteiger partial charge in [0.05, 0.1) is 5.69 Å². The Balaban J connectivity index is 2.06. The van der Waals surface area contributed by atoms with Crippen molar-refractivity contribution < 1.29 is 9.53 Å².